The molecule has 0 spiro atoms. The fourth-order valence-corrected chi connectivity index (χ4v) is 7.32. The molecular formula is C29H24ClN3O6S2. The number of halogens is 1. The van der Waals surface area contributed by atoms with Gasteiger partial charge in [0.2, 0.25) is 0 Å². The number of carbonyl (C=O) groups excluding carboxylic acids is 1. The van der Waals surface area contributed by atoms with Crippen LogP contribution < -0.4 is 10.1 Å². The van der Waals surface area contributed by atoms with Crippen LogP contribution >= 0.6 is 22.9 Å². The molecule has 3 aromatic carbocycles. The van der Waals surface area contributed by atoms with Crippen molar-refractivity contribution in [3.05, 3.63) is 111 Å². The number of benzene rings is 3. The van der Waals surface area contributed by atoms with E-state index in [1.165, 1.54) is 31.4 Å². The number of carbonyl (C=O) groups is 2. The van der Waals surface area contributed by atoms with E-state index in [2.05, 4.69) is 10.4 Å². The van der Waals surface area contributed by atoms with Crippen molar-refractivity contribution in [1.29, 1.82) is 0 Å². The molecule has 0 radical (unpaired) electrons. The number of aromatic nitrogens is 2. The summed E-state index contributed by atoms with van der Waals surface area (Å²) in [5, 5.41) is 17.3. The first-order chi connectivity index (χ1) is 19.6. The number of hydrogen-bond donors (Lipinski definition) is 2. The number of nitrogens with one attached hydrogen (secondary N) is 1. The number of methoxy groups -OCH3 is 1. The molecule has 0 aliphatic heterocycles. The summed E-state index contributed by atoms with van der Waals surface area (Å²) in [7, 11) is -2.16. The normalized spacial score (nSPS) is 11.5. The van der Waals surface area contributed by atoms with Crippen molar-refractivity contribution in [1.82, 2.24) is 15.1 Å². The Morgan fingerprint density at radius 2 is 1.73 bits per heavy atom. The molecule has 12 heteroatoms. The van der Waals surface area contributed by atoms with Gasteiger partial charge in [-0.3, -0.25) is 9.48 Å². The lowest BCUT2D eigenvalue weighted by atomic mass is 10.1. The fourth-order valence-electron chi connectivity index (χ4n) is 4.47. The first kappa shape index (κ1) is 28.3. The van der Waals surface area contributed by atoms with Crippen molar-refractivity contribution >= 4 is 55.6 Å². The van der Waals surface area contributed by atoms with Gasteiger partial charge in [-0.25, -0.2) is 13.2 Å². The molecule has 0 fully saturated rings. The average molecular weight is 610 g/mol. The Labute approximate surface area is 244 Å². The van der Waals surface area contributed by atoms with Crippen LogP contribution in [0, 0.1) is 0 Å². The van der Waals surface area contributed by atoms with Crippen LogP contribution in [-0.4, -0.2) is 42.3 Å². The Morgan fingerprint density at radius 3 is 2.46 bits per heavy atom. The van der Waals surface area contributed by atoms with Crippen molar-refractivity contribution < 1.29 is 27.9 Å². The summed E-state index contributed by atoms with van der Waals surface area (Å²) in [5.74, 6) is -1.29. The predicted octanol–water partition coefficient (Wildman–Crippen LogP) is 5.41. The first-order valence-corrected chi connectivity index (χ1v) is 15.2. The lowest BCUT2D eigenvalue weighted by Crippen LogP contribution is -2.23. The Morgan fingerprint density at radius 1 is 1.00 bits per heavy atom. The summed E-state index contributed by atoms with van der Waals surface area (Å²) in [6.07, 6.45) is 0. The second kappa shape index (κ2) is 11.7. The smallest absolute Gasteiger partial charge is 0.335 e. The van der Waals surface area contributed by atoms with Crippen LogP contribution in [0.25, 0.3) is 10.9 Å². The maximum atomic E-state index is 13.1. The van der Waals surface area contributed by atoms with Gasteiger partial charge in [0, 0.05) is 12.1 Å². The third-order valence-electron chi connectivity index (χ3n) is 6.36. The molecule has 0 aliphatic carbocycles. The van der Waals surface area contributed by atoms with Crippen molar-refractivity contribution in [2.24, 2.45) is 0 Å². The highest BCUT2D eigenvalue weighted by molar-refractivity contribution is 7.92. The van der Waals surface area contributed by atoms with Crippen LogP contribution in [0.15, 0.2) is 83.1 Å². The summed E-state index contributed by atoms with van der Waals surface area (Å²) < 4.78 is 34.1. The average Bonchev–Trinajstić information content (AvgIpc) is 3.55. The van der Waals surface area contributed by atoms with Gasteiger partial charge in [0.15, 0.2) is 9.84 Å². The Kier molecular flexibility index (Phi) is 8.11. The molecule has 1 amide bonds. The van der Waals surface area contributed by atoms with Gasteiger partial charge in [0.05, 0.1) is 40.2 Å². The number of nitrogens with zero attached hydrogens (tertiary/aromatic N) is 2. The van der Waals surface area contributed by atoms with E-state index in [4.69, 9.17) is 16.3 Å². The zero-order chi connectivity index (χ0) is 29.1. The van der Waals surface area contributed by atoms with Crippen LogP contribution in [0.2, 0.25) is 4.34 Å². The highest BCUT2D eigenvalue weighted by atomic mass is 35.5. The number of carboxylic acid groups (broad SMARTS) is 1. The fraction of sp³-hybridized carbons (Fsp3) is 0.138. The van der Waals surface area contributed by atoms with E-state index >= 15 is 0 Å². The van der Waals surface area contributed by atoms with Crippen LogP contribution in [0.3, 0.4) is 0 Å². The van der Waals surface area contributed by atoms with Crippen molar-refractivity contribution in [2.75, 3.05) is 7.11 Å². The topological polar surface area (TPSA) is 128 Å². The van der Waals surface area contributed by atoms with E-state index in [0.717, 1.165) is 28.0 Å². The quantitative estimate of drug-likeness (QED) is 0.217. The summed E-state index contributed by atoms with van der Waals surface area (Å²) in [6, 6.07) is 21.9. The number of thiophene rings is 1. The number of aromatic carboxylic acids is 1. The predicted molar refractivity (Wildman–Crippen MR) is 157 cm³/mol. The molecular weight excluding hydrogens is 586 g/mol. The van der Waals surface area contributed by atoms with Crippen LogP contribution in [0.1, 0.15) is 37.5 Å². The number of sulfone groups is 1. The van der Waals surface area contributed by atoms with Crippen molar-refractivity contribution in [3.8, 4) is 5.75 Å². The zero-order valence-electron chi connectivity index (χ0n) is 21.7. The molecule has 0 unspecified atom stereocenters. The van der Waals surface area contributed by atoms with Gasteiger partial charge in [-0.15, -0.1) is 11.3 Å². The second-order valence-electron chi connectivity index (χ2n) is 9.16. The minimum Gasteiger partial charge on any atom is -0.496 e. The number of ether oxygens (including phenoxy) is 1. The van der Waals surface area contributed by atoms with Gasteiger partial charge in [-0.2, -0.15) is 5.10 Å². The van der Waals surface area contributed by atoms with E-state index in [-0.39, 0.29) is 33.5 Å². The molecule has 9 nitrogen and oxygen atoms in total. The highest BCUT2D eigenvalue weighted by Gasteiger charge is 2.24. The van der Waals surface area contributed by atoms with Gasteiger partial charge < -0.3 is 15.2 Å². The zero-order valence-corrected chi connectivity index (χ0v) is 24.1. The Bertz CT molecular complexity index is 1880. The molecule has 2 aromatic heterocycles. The number of carboxylic acids is 1. The summed E-state index contributed by atoms with van der Waals surface area (Å²) >= 11 is 6.98. The molecule has 0 aliphatic rings. The number of hydrogen-bond acceptors (Lipinski definition) is 7. The van der Waals surface area contributed by atoms with E-state index < -0.39 is 15.8 Å². The highest BCUT2D eigenvalue weighted by Crippen LogP contribution is 2.33. The van der Waals surface area contributed by atoms with E-state index in [9.17, 15) is 23.1 Å². The van der Waals surface area contributed by atoms with E-state index in [1.54, 1.807) is 22.9 Å². The molecule has 0 bridgehead atoms. The second-order valence-corrected chi connectivity index (χ2v) is 13.1. The molecule has 2 heterocycles. The molecule has 5 rings (SSSR count). The van der Waals surface area contributed by atoms with Gasteiger partial charge in [0.25, 0.3) is 5.91 Å². The minimum absolute atomic E-state index is 0.0362. The van der Waals surface area contributed by atoms with E-state index in [0.29, 0.717) is 27.7 Å². The Balaban J connectivity index is 1.38. The summed E-state index contributed by atoms with van der Waals surface area (Å²) in [4.78, 5) is 23.8. The minimum atomic E-state index is -3.69. The molecule has 2 N–H and O–H groups in total. The van der Waals surface area contributed by atoms with Gasteiger partial charge in [-0.05, 0) is 53.6 Å². The van der Waals surface area contributed by atoms with Gasteiger partial charge in [0.1, 0.15) is 15.7 Å². The van der Waals surface area contributed by atoms with Gasteiger partial charge in [-0.1, -0.05) is 48.0 Å². The SMILES string of the molecule is COc1cccc2c1c(CS(=O)(=O)c1ccc(Cl)s1)nn2Cc1cccc(CNC(=O)c2cccc(C(=O)O)c2)c1. The van der Waals surface area contributed by atoms with Crippen LogP contribution in [-0.2, 0) is 28.7 Å². The number of amides is 1. The maximum Gasteiger partial charge on any atom is 0.335 e. The number of fused-ring (bicyclic) bond motifs is 1. The van der Waals surface area contributed by atoms with Crippen molar-refractivity contribution in [2.45, 2.75) is 23.1 Å². The summed E-state index contributed by atoms with van der Waals surface area (Å²) in [5.41, 5.74) is 3.09. The molecule has 41 heavy (non-hydrogen) atoms. The molecule has 0 saturated heterocycles. The number of rotatable bonds is 10. The largest absolute Gasteiger partial charge is 0.496 e. The van der Waals surface area contributed by atoms with Gasteiger partial charge >= 0.3 is 5.97 Å². The molecule has 5 aromatic rings. The maximum absolute atomic E-state index is 13.1. The lowest BCUT2D eigenvalue weighted by Gasteiger charge is -2.09. The standard InChI is InChI=1S/C29H24ClN3O6S2/c1-39-24-10-4-9-23-27(24)22(17-41(37,38)26-12-11-25(30)40-26)32-33(23)16-19-6-2-5-18(13-19)15-31-28(34)20-7-3-8-21(14-20)29(35)36/h2-14H,15-17H2,1H3,(H,31,34)(H,35,36). The lowest BCUT2D eigenvalue weighted by molar-refractivity contribution is 0.0697. The van der Waals surface area contributed by atoms with Crippen LogP contribution in [0.4, 0.5) is 0 Å². The Hall–Kier alpha value is -4.19. The third kappa shape index (κ3) is 6.27. The first-order valence-electron chi connectivity index (χ1n) is 12.3. The third-order valence-corrected chi connectivity index (χ3v) is 9.80. The van der Waals surface area contributed by atoms with Crippen LogP contribution in [0.5, 0.6) is 5.75 Å². The monoisotopic (exact) mass is 609 g/mol. The molecule has 0 atom stereocenters. The molecule has 0 saturated carbocycles. The summed E-state index contributed by atoms with van der Waals surface area (Å²) in [6.45, 7) is 0.571. The van der Waals surface area contributed by atoms with E-state index in [1.807, 2.05) is 36.4 Å². The van der Waals surface area contributed by atoms with Crippen molar-refractivity contribution in [3.63, 3.8) is 0 Å². The molecule has 210 valence electrons.